The van der Waals surface area contributed by atoms with Crippen LogP contribution in [0.4, 0.5) is 17.6 Å². The molecule has 0 saturated carbocycles. The van der Waals surface area contributed by atoms with Gasteiger partial charge in [-0.05, 0) is 135 Å². The van der Waals surface area contributed by atoms with Crippen molar-refractivity contribution in [2.24, 2.45) is 0 Å². The first-order valence-electron chi connectivity index (χ1n) is 36.4. The first kappa shape index (κ1) is 87.7. The Kier molecular flexibility index (Phi) is 31.0. The molecule has 33 heteroatoms. The van der Waals surface area contributed by atoms with Gasteiger partial charge in [-0.15, -0.1) is 22.7 Å². The standard InChI is InChI=1S/C20H20FN3O2S.C18H14ClN3O2.C17H11ClFN3O2.C17H12FN3O2.C16H12FN3O2S/c1-12-19(20(2,3)4)27-18(24-12)8-17(25)13-5-14(21)7-15(6-13)26-16-9-22-11-23-10-16;1-12-2-3-15(22-8-12)7-18(23)13-4-14(19)6-16(5-13)24-17-9-20-11-21-10-17;18-12-4-11(17(23)7-16-15(19)2-1-3-22-16)5-13(6-12)24-14-8-20-10-21-9-14;18-13-5-12(17(22)8-14-3-1-2-4-21-14)6-15(7-13)23-16-9-19-11-20-10-16;1-10-8-23-16(20-10)5-15(21)11-2-12(17)4-13(3-11)22-14-6-18-9-19-7-14/h5-7,9-11H,8H2,1-4H3;2-6,8-11H,7H2,1H3;1-6,8-10H,7H2;1-7,9-11H,8H2;2-4,6-9H,5H2,1H3. The van der Waals surface area contributed by atoms with Crippen LogP contribution in [0.25, 0.3) is 0 Å². The van der Waals surface area contributed by atoms with Gasteiger partial charge in [-0.2, -0.15) is 0 Å². The highest BCUT2D eigenvalue weighted by Crippen LogP contribution is 2.34. The van der Waals surface area contributed by atoms with Gasteiger partial charge >= 0.3 is 0 Å². The molecule has 0 aliphatic heterocycles. The van der Waals surface area contributed by atoms with Crippen LogP contribution in [-0.2, 0) is 37.5 Å². The average molecular weight is 1710 g/mol. The number of ether oxygens (including phenoxy) is 5. The largest absolute Gasteiger partial charge is 0.454 e. The van der Waals surface area contributed by atoms with Crippen LogP contribution in [-0.4, -0.2) is 104 Å². The number of pyridine rings is 3. The fourth-order valence-electron chi connectivity index (χ4n) is 10.9. The Balaban J connectivity index is 0.000000148. The number of halogens is 6. The normalized spacial score (nSPS) is 10.6. The number of Topliss-reactive ketones (excluding diaryl/α,β-unsaturated/α-hetero) is 5. The Morgan fingerprint density at radius 2 is 0.744 bits per heavy atom. The van der Waals surface area contributed by atoms with E-state index in [1.165, 1.54) is 201 Å². The monoisotopic (exact) mass is 1710 g/mol. The third kappa shape index (κ3) is 28.0. The molecule has 0 unspecified atom stereocenters. The van der Waals surface area contributed by atoms with Crippen LogP contribution in [0.1, 0.15) is 121 Å². The Morgan fingerprint density at radius 1 is 0.372 bits per heavy atom. The number of carbonyl (C=O) groups is 5. The van der Waals surface area contributed by atoms with E-state index < -0.39 is 23.3 Å². The predicted octanol–water partition coefficient (Wildman–Crippen LogP) is 19.7. The summed E-state index contributed by atoms with van der Waals surface area (Å²) < 4.78 is 82.8. The zero-order valence-corrected chi connectivity index (χ0v) is 68.2. The number of ketones is 5. The summed E-state index contributed by atoms with van der Waals surface area (Å²) in [4.78, 5) is 123. The molecule has 15 rings (SSSR count). The number of aryl methyl sites for hydroxylation is 3. The second kappa shape index (κ2) is 42.8. The zero-order valence-electron chi connectivity index (χ0n) is 65.1. The average Bonchev–Trinajstić information content (AvgIpc) is 1.64. The van der Waals surface area contributed by atoms with E-state index in [0.717, 1.165) is 26.8 Å². The predicted molar refractivity (Wildman–Crippen MR) is 443 cm³/mol. The molecule has 121 heavy (non-hydrogen) atoms. The minimum atomic E-state index is -0.552. The van der Waals surface area contributed by atoms with Crippen LogP contribution in [0, 0.1) is 44.0 Å². The molecule has 0 aliphatic rings. The van der Waals surface area contributed by atoms with E-state index in [0.29, 0.717) is 77.8 Å². The Morgan fingerprint density at radius 3 is 1.10 bits per heavy atom. The smallest absolute Gasteiger partial charge is 0.169 e. The molecule has 0 saturated heterocycles. The van der Waals surface area contributed by atoms with Crippen molar-refractivity contribution in [2.75, 3.05) is 0 Å². The number of rotatable bonds is 25. The van der Waals surface area contributed by atoms with Crippen LogP contribution < -0.4 is 23.7 Å². The Bertz CT molecular complexity index is 6050. The van der Waals surface area contributed by atoms with E-state index in [9.17, 15) is 41.5 Å². The molecule has 25 nitrogen and oxygen atoms in total. The number of hydrogen-bond acceptors (Lipinski definition) is 27. The molecule has 0 spiro atoms. The Labute approximate surface area is 708 Å². The number of nitrogens with zero attached hydrogens (tertiary/aromatic N) is 15. The molecular formula is C88H69Cl2F4N15O10S2. The fourth-order valence-corrected chi connectivity index (χ4v) is 13.3. The number of carbonyl (C=O) groups excluding carboxylic acids is 5. The van der Waals surface area contributed by atoms with Gasteiger partial charge in [0.2, 0.25) is 0 Å². The quantitative estimate of drug-likeness (QED) is 0.0379. The number of hydrogen-bond donors (Lipinski definition) is 0. The molecule has 0 bridgehead atoms. The van der Waals surface area contributed by atoms with Gasteiger partial charge in [-0.1, -0.05) is 56.1 Å². The van der Waals surface area contributed by atoms with Crippen molar-refractivity contribution in [1.29, 1.82) is 0 Å². The minimum Gasteiger partial charge on any atom is -0.454 e. The van der Waals surface area contributed by atoms with Crippen LogP contribution in [0.3, 0.4) is 0 Å². The SMILES string of the molecule is Cc1ccc(CC(=O)c2cc(Cl)cc(Oc3cncnc3)c2)nc1.Cc1csc(CC(=O)c2cc(F)cc(Oc3cncnc3)c2)n1.Cc1nc(CC(=O)c2cc(F)cc(Oc3cncnc3)c2)sc1C(C)(C)C.O=C(Cc1ccccn1)c1cc(F)cc(Oc2cncnc2)c1.O=C(Cc1ncccc1F)c1cc(Cl)cc(Oc2cncnc2)c1. The lowest BCUT2D eigenvalue weighted by Crippen LogP contribution is -2.10. The molecule has 0 fully saturated rings. The van der Waals surface area contributed by atoms with E-state index in [4.69, 9.17) is 46.9 Å². The lowest BCUT2D eigenvalue weighted by molar-refractivity contribution is 0.0982. The van der Waals surface area contributed by atoms with Gasteiger partial charge < -0.3 is 23.7 Å². The summed E-state index contributed by atoms with van der Waals surface area (Å²) in [6.07, 6.45) is 26.8. The lowest BCUT2D eigenvalue weighted by Gasteiger charge is -2.16. The second-order valence-electron chi connectivity index (χ2n) is 27.0. The maximum absolute atomic E-state index is 14.0. The third-order valence-electron chi connectivity index (χ3n) is 16.2. The summed E-state index contributed by atoms with van der Waals surface area (Å²) in [5.74, 6) is 0.232. The van der Waals surface area contributed by atoms with Crippen LogP contribution >= 0.6 is 45.9 Å². The molecule has 15 aromatic rings. The molecule has 0 atom stereocenters. The summed E-state index contributed by atoms with van der Waals surface area (Å²) >= 11 is 15.1. The van der Waals surface area contributed by atoms with Crippen molar-refractivity contribution in [1.82, 2.24) is 74.8 Å². The van der Waals surface area contributed by atoms with E-state index in [-0.39, 0.29) is 106 Å². The molecule has 0 N–H and O–H groups in total. The second-order valence-corrected chi connectivity index (χ2v) is 29.9. The van der Waals surface area contributed by atoms with Gasteiger partial charge in [0.15, 0.2) is 57.7 Å². The highest BCUT2D eigenvalue weighted by molar-refractivity contribution is 7.12. The van der Waals surface area contributed by atoms with Crippen LogP contribution in [0.15, 0.2) is 251 Å². The molecule has 10 heterocycles. The third-order valence-corrected chi connectivity index (χ3v) is 19.2. The van der Waals surface area contributed by atoms with Crippen molar-refractivity contribution in [2.45, 2.75) is 79.1 Å². The first-order chi connectivity index (χ1) is 58.2. The molecule has 5 aromatic carbocycles. The van der Waals surface area contributed by atoms with E-state index >= 15 is 0 Å². The van der Waals surface area contributed by atoms with Crippen molar-refractivity contribution in [3.05, 3.63) is 361 Å². The highest BCUT2D eigenvalue weighted by Gasteiger charge is 2.24. The first-order valence-corrected chi connectivity index (χ1v) is 38.8. The summed E-state index contributed by atoms with van der Waals surface area (Å²) in [6.45, 7) is 12.1. The minimum absolute atomic E-state index is 0.0271. The number of benzene rings is 5. The molecule has 0 amide bonds. The van der Waals surface area contributed by atoms with Crippen molar-refractivity contribution in [3.63, 3.8) is 0 Å². The maximum Gasteiger partial charge on any atom is 0.169 e. The van der Waals surface area contributed by atoms with Crippen LogP contribution in [0.2, 0.25) is 10.0 Å². The Hall–Kier alpha value is -14.1. The molecule has 0 aliphatic carbocycles. The van der Waals surface area contributed by atoms with Crippen LogP contribution in [0.5, 0.6) is 57.5 Å². The van der Waals surface area contributed by atoms with Gasteiger partial charge in [0.1, 0.15) is 93.7 Å². The topological polar surface area (TPSA) is 325 Å². The van der Waals surface area contributed by atoms with Gasteiger partial charge in [-0.3, -0.25) is 38.9 Å². The van der Waals surface area contributed by atoms with Crippen molar-refractivity contribution in [3.8, 4) is 57.5 Å². The van der Waals surface area contributed by atoms with Gasteiger partial charge in [-0.25, -0.2) is 77.4 Å². The van der Waals surface area contributed by atoms with Gasteiger partial charge in [0.05, 0.1) is 105 Å². The molecular weight excluding hydrogens is 1640 g/mol. The molecule has 610 valence electrons. The summed E-state index contributed by atoms with van der Waals surface area (Å²) in [6, 6.07) is 33.0. The van der Waals surface area contributed by atoms with Gasteiger partial charge in [0, 0.05) is 102 Å². The van der Waals surface area contributed by atoms with E-state index in [2.05, 4.69) is 95.5 Å². The lowest BCUT2D eigenvalue weighted by atomic mass is 9.93. The summed E-state index contributed by atoms with van der Waals surface area (Å²) in [5, 5.41) is 4.05. The number of thiazole rings is 2. The molecule has 10 aromatic heterocycles. The number of aromatic nitrogens is 15. The highest BCUT2D eigenvalue weighted by atomic mass is 35.5. The van der Waals surface area contributed by atoms with Crippen molar-refractivity contribution >= 4 is 74.8 Å². The summed E-state index contributed by atoms with van der Waals surface area (Å²) in [7, 11) is 0. The fraction of sp³-hybridized carbons (Fsp3) is 0.136. The molecule has 0 radical (unpaired) electrons. The zero-order chi connectivity index (χ0) is 85.8. The summed E-state index contributed by atoms with van der Waals surface area (Å²) in [5.41, 5.74) is 5.73. The van der Waals surface area contributed by atoms with E-state index in [1.807, 2.05) is 38.3 Å². The maximum atomic E-state index is 14.0. The van der Waals surface area contributed by atoms with E-state index in [1.54, 1.807) is 54.9 Å². The van der Waals surface area contributed by atoms with Crippen molar-refractivity contribution < 1.29 is 65.2 Å². The van der Waals surface area contributed by atoms with Gasteiger partial charge in [0.25, 0.3) is 0 Å².